The van der Waals surface area contributed by atoms with Crippen LogP contribution in [-0.4, -0.2) is 45.8 Å². The first-order valence-corrected chi connectivity index (χ1v) is 10.2. The van der Waals surface area contributed by atoms with Crippen LogP contribution in [0.4, 0.5) is 11.6 Å². The molecule has 3 atom stereocenters. The van der Waals surface area contributed by atoms with Gasteiger partial charge < -0.3 is 20.1 Å². The van der Waals surface area contributed by atoms with Crippen LogP contribution in [0.1, 0.15) is 35.6 Å². The maximum atomic E-state index is 12.4. The molecular weight excluding hydrogens is 408 g/mol. The predicted octanol–water partition coefficient (Wildman–Crippen LogP) is 2.62. The minimum Gasteiger partial charge on any atom is -0.486 e. The fraction of sp³-hybridized carbons (Fsp3) is 0.348. The van der Waals surface area contributed by atoms with E-state index < -0.39 is 6.98 Å². The van der Waals surface area contributed by atoms with E-state index >= 15 is 0 Å². The van der Waals surface area contributed by atoms with E-state index in [1.165, 1.54) is 6.20 Å². The number of pyridine rings is 2. The third-order valence-corrected chi connectivity index (χ3v) is 5.41. The molecule has 0 spiro atoms. The zero-order valence-corrected chi connectivity index (χ0v) is 17.5. The number of nitrogens with zero attached hydrogens (tertiary/aromatic N) is 4. The maximum absolute atomic E-state index is 12.4. The number of hydrogen-bond acceptors (Lipinski definition) is 8. The zero-order valence-electron chi connectivity index (χ0n) is 20.5. The Bertz CT molecular complexity index is 1380. The molecule has 1 fully saturated rings. The van der Waals surface area contributed by atoms with Crippen molar-refractivity contribution in [1.82, 2.24) is 20.2 Å². The quantitative estimate of drug-likeness (QED) is 0.607. The molecule has 0 bridgehead atoms. The average molecular weight is 433 g/mol. The lowest BCUT2D eigenvalue weighted by atomic mass is 10.1. The van der Waals surface area contributed by atoms with Crippen LogP contribution in [0.15, 0.2) is 24.5 Å². The van der Waals surface area contributed by atoms with Crippen molar-refractivity contribution < 1.29 is 18.4 Å². The molecule has 5 rings (SSSR count). The van der Waals surface area contributed by atoms with E-state index in [1.54, 1.807) is 18.3 Å². The van der Waals surface area contributed by atoms with Gasteiger partial charge in [-0.3, -0.25) is 4.79 Å². The average Bonchev–Trinajstić information content (AvgIpc) is 3.54. The molecule has 0 radical (unpaired) electrons. The Hall–Kier alpha value is -3.93. The lowest BCUT2D eigenvalue weighted by Gasteiger charge is -2.23. The monoisotopic (exact) mass is 433 g/mol. The van der Waals surface area contributed by atoms with Crippen LogP contribution in [0.2, 0.25) is 0 Å². The molecule has 9 nitrogen and oxygen atoms in total. The summed E-state index contributed by atoms with van der Waals surface area (Å²) in [5, 5.41) is 13.8. The van der Waals surface area contributed by atoms with E-state index in [0.29, 0.717) is 40.7 Å². The van der Waals surface area contributed by atoms with E-state index in [0.717, 1.165) is 6.42 Å². The van der Waals surface area contributed by atoms with Crippen LogP contribution >= 0.6 is 0 Å². The van der Waals surface area contributed by atoms with Crippen molar-refractivity contribution in [2.45, 2.75) is 26.4 Å². The van der Waals surface area contributed by atoms with E-state index in [1.807, 2.05) is 13.8 Å². The molecule has 1 aliphatic carbocycles. The second kappa shape index (κ2) is 7.96. The van der Waals surface area contributed by atoms with Gasteiger partial charge in [0.05, 0.1) is 11.8 Å². The van der Waals surface area contributed by atoms with Crippen molar-refractivity contribution in [2.24, 2.45) is 11.8 Å². The Balaban J connectivity index is 1.51. The molecule has 3 aromatic heterocycles. The molecule has 2 N–H and O–H groups in total. The number of carbonyl (C=O) groups excluding carboxylic acids is 1. The van der Waals surface area contributed by atoms with Gasteiger partial charge in [0, 0.05) is 34.7 Å². The van der Waals surface area contributed by atoms with E-state index in [4.69, 9.17) is 13.6 Å². The van der Waals surface area contributed by atoms with Gasteiger partial charge in [0.2, 0.25) is 5.91 Å². The van der Waals surface area contributed by atoms with Crippen LogP contribution in [-0.2, 0) is 4.79 Å². The van der Waals surface area contributed by atoms with Crippen LogP contribution < -0.4 is 20.1 Å². The predicted molar refractivity (Wildman–Crippen MR) is 119 cm³/mol. The molecule has 32 heavy (non-hydrogen) atoms. The number of ether oxygens (including phenoxy) is 2. The van der Waals surface area contributed by atoms with Gasteiger partial charge in [0.1, 0.15) is 23.9 Å². The van der Waals surface area contributed by atoms with Gasteiger partial charge in [-0.15, -0.1) is 10.2 Å². The molecule has 1 saturated carbocycles. The second-order valence-corrected chi connectivity index (χ2v) is 7.95. The molecular formula is C23H22N6O3. The molecule has 0 saturated heterocycles. The van der Waals surface area contributed by atoms with Gasteiger partial charge in [-0.1, -0.05) is 12.8 Å². The summed E-state index contributed by atoms with van der Waals surface area (Å²) >= 11 is 0. The first-order valence-electron chi connectivity index (χ1n) is 11.7. The number of fused-ring (bicyclic) bond motifs is 2. The highest BCUT2D eigenvalue weighted by Gasteiger charge is 2.39. The highest BCUT2D eigenvalue weighted by molar-refractivity contribution is 5.97. The van der Waals surface area contributed by atoms with Crippen LogP contribution in [0, 0.1) is 23.7 Å². The topological polar surface area (TPSA) is 111 Å². The van der Waals surface area contributed by atoms with Crippen LogP contribution in [0.3, 0.4) is 0 Å². The normalized spacial score (nSPS) is 22.6. The van der Waals surface area contributed by atoms with Gasteiger partial charge in [0.15, 0.2) is 23.1 Å². The molecule has 0 unspecified atom stereocenters. The molecule has 0 aromatic carbocycles. The minimum absolute atomic E-state index is 0.0401. The van der Waals surface area contributed by atoms with Gasteiger partial charge >= 0.3 is 0 Å². The van der Waals surface area contributed by atoms with Crippen molar-refractivity contribution in [3.05, 3.63) is 35.8 Å². The Morgan fingerprint density at radius 2 is 2.06 bits per heavy atom. The smallest absolute Gasteiger partial charge is 0.228 e. The highest BCUT2D eigenvalue weighted by Crippen LogP contribution is 2.38. The molecule has 1 aliphatic heterocycles. The summed E-state index contributed by atoms with van der Waals surface area (Å²) < 4.78 is 33.9. The number of carbonyl (C=O) groups is 1. The largest absolute Gasteiger partial charge is 0.486 e. The Morgan fingerprint density at radius 1 is 1.19 bits per heavy atom. The number of aromatic nitrogens is 4. The van der Waals surface area contributed by atoms with Crippen molar-refractivity contribution in [3.63, 3.8) is 0 Å². The van der Waals surface area contributed by atoms with E-state index in [2.05, 4.69) is 42.6 Å². The fourth-order valence-corrected chi connectivity index (χ4v) is 3.47. The standard InChI is InChI=1S/C23H22N6O3/c1-12-6-16(12)23(30)27-20-8-17-14(9-26-22(24-3)21(17)29-28-20)4-5-15-7-18-19(10-25-15)32-13(2)11-31-18/h7-10,12-13,16H,6,11H2,1-3H3,(H,24,26)(H,27,28,30)/t12-,13-,16+/m1/s1/i3D3. The fourth-order valence-electron chi connectivity index (χ4n) is 3.47. The summed E-state index contributed by atoms with van der Waals surface area (Å²) in [4.78, 5) is 20.9. The van der Waals surface area contributed by atoms with Crippen molar-refractivity contribution in [2.75, 3.05) is 24.2 Å². The molecule has 3 aromatic rings. The van der Waals surface area contributed by atoms with Gasteiger partial charge in [-0.25, -0.2) is 9.97 Å². The second-order valence-electron chi connectivity index (χ2n) is 7.95. The van der Waals surface area contributed by atoms with E-state index in [-0.39, 0.29) is 35.1 Å². The first kappa shape index (κ1) is 16.7. The first-order chi connectivity index (χ1) is 16.7. The number of hydrogen-bond donors (Lipinski definition) is 2. The third-order valence-electron chi connectivity index (χ3n) is 5.41. The van der Waals surface area contributed by atoms with Crippen LogP contribution in [0.5, 0.6) is 11.5 Å². The SMILES string of the molecule is [2H]C([2H])([2H])Nc1ncc(C#Cc2cc3c(cn2)O[C@H](C)CO3)c2cc(NC(=O)[C@H]3C[C@H]3C)nnc12. The summed E-state index contributed by atoms with van der Waals surface area (Å²) in [7, 11) is 0. The summed E-state index contributed by atoms with van der Waals surface area (Å²) in [6.07, 6.45) is 3.78. The summed E-state index contributed by atoms with van der Waals surface area (Å²) in [5.74, 6) is 7.57. The summed E-state index contributed by atoms with van der Waals surface area (Å²) in [6, 6.07) is 3.30. The number of anilines is 2. The molecule has 9 heteroatoms. The van der Waals surface area contributed by atoms with Crippen molar-refractivity contribution in [1.29, 1.82) is 0 Å². The van der Waals surface area contributed by atoms with Gasteiger partial charge in [0.25, 0.3) is 0 Å². The molecule has 162 valence electrons. The highest BCUT2D eigenvalue weighted by atomic mass is 16.6. The Morgan fingerprint density at radius 3 is 2.88 bits per heavy atom. The van der Waals surface area contributed by atoms with Gasteiger partial charge in [-0.2, -0.15) is 0 Å². The molecule has 2 aliphatic rings. The maximum Gasteiger partial charge on any atom is 0.228 e. The third kappa shape index (κ3) is 3.87. The minimum atomic E-state index is -2.48. The van der Waals surface area contributed by atoms with Gasteiger partial charge in [-0.05, 0) is 31.2 Å². The number of amides is 1. The number of nitrogens with one attached hydrogen (secondary N) is 2. The lowest BCUT2D eigenvalue weighted by Crippen LogP contribution is -2.25. The molecule has 1 amide bonds. The lowest BCUT2D eigenvalue weighted by molar-refractivity contribution is -0.117. The molecule has 4 heterocycles. The summed E-state index contributed by atoms with van der Waals surface area (Å²) in [6.45, 7) is 1.87. The van der Waals surface area contributed by atoms with Crippen molar-refractivity contribution >= 4 is 28.4 Å². The Labute approximate surface area is 189 Å². The summed E-state index contributed by atoms with van der Waals surface area (Å²) in [5.41, 5.74) is 1.14. The van der Waals surface area contributed by atoms with Crippen molar-refractivity contribution in [3.8, 4) is 23.3 Å². The number of rotatable bonds is 3. The van der Waals surface area contributed by atoms with Crippen LogP contribution in [0.25, 0.3) is 10.9 Å². The van der Waals surface area contributed by atoms with E-state index in [9.17, 15) is 4.79 Å². The zero-order chi connectivity index (χ0) is 24.7. The Kier molecular flexibility index (Phi) is 4.16.